The number of unbranched alkanes of at least 4 members (excludes halogenated alkanes) is 1. The van der Waals surface area contributed by atoms with Gasteiger partial charge in [-0.2, -0.15) is 0 Å². The van der Waals surface area contributed by atoms with Gasteiger partial charge in [0, 0.05) is 29.2 Å². The van der Waals surface area contributed by atoms with Crippen LogP contribution in [0.3, 0.4) is 0 Å². The number of nitro benzene ring substituents is 1. The van der Waals surface area contributed by atoms with Gasteiger partial charge in [0.15, 0.2) is 5.75 Å². The summed E-state index contributed by atoms with van der Waals surface area (Å²) in [5, 5.41) is 10.8. The molecule has 0 radical (unpaired) electrons. The minimum absolute atomic E-state index is 0.0391. The van der Waals surface area contributed by atoms with Crippen LogP contribution in [0.25, 0.3) is 0 Å². The molecule has 1 rings (SSSR count). The molecule has 0 aromatic heterocycles. The molecule has 9 heteroatoms. The number of hydrogen-bond donors (Lipinski definition) is 0. The molecule has 0 unspecified atom stereocenters. The number of nitrogens with zero attached hydrogens (tertiary/aromatic N) is 1. The molecule has 0 heterocycles. The molecule has 0 aliphatic carbocycles. The van der Waals surface area contributed by atoms with E-state index in [0.717, 1.165) is 0 Å². The van der Waals surface area contributed by atoms with E-state index in [4.69, 9.17) is 21.8 Å². The van der Waals surface area contributed by atoms with Crippen LogP contribution in [0.1, 0.15) is 12.8 Å². The van der Waals surface area contributed by atoms with Gasteiger partial charge in [0.25, 0.3) is 9.05 Å². The van der Waals surface area contributed by atoms with Gasteiger partial charge in [-0.05, 0) is 6.42 Å². The minimum atomic E-state index is -4.42. The van der Waals surface area contributed by atoms with Crippen molar-refractivity contribution in [3.63, 3.8) is 0 Å². The van der Waals surface area contributed by atoms with Crippen LogP contribution in [0.4, 0.5) is 10.1 Å². The molecule has 6 nitrogen and oxygen atoms in total. The molecule has 0 fully saturated rings. The molecule has 1 aromatic rings. The summed E-state index contributed by atoms with van der Waals surface area (Å²) in [4.78, 5) is 8.98. The van der Waals surface area contributed by atoms with Gasteiger partial charge in [-0.15, -0.1) is 12.3 Å². The molecule has 0 aliphatic rings. The molecule has 0 aliphatic heterocycles. The van der Waals surface area contributed by atoms with E-state index in [2.05, 4.69) is 5.92 Å². The summed E-state index contributed by atoms with van der Waals surface area (Å²) in [6.07, 6.45) is 5.84. The Morgan fingerprint density at radius 1 is 1.50 bits per heavy atom. The second-order valence-electron chi connectivity index (χ2n) is 3.60. The van der Waals surface area contributed by atoms with Crippen molar-refractivity contribution >= 4 is 25.4 Å². The van der Waals surface area contributed by atoms with Gasteiger partial charge in [0.2, 0.25) is 0 Å². The number of nitro groups is 1. The summed E-state index contributed by atoms with van der Waals surface area (Å²) in [7, 11) is 0.560. The van der Waals surface area contributed by atoms with Crippen molar-refractivity contribution in [3.8, 4) is 18.1 Å². The van der Waals surface area contributed by atoms with E-state index in [-0.39, 0.29) is 12.4 Å². The van der Waals surface area contributed by atoms with Crippen LogP contribution >= 0.6 is 10.7 Å². The summed E-state index contributed by atoms with van der Waals surface area (Å²) in [5.41, 5.74) is -0.689. The molecule has 1 aromatic carbocycles. The Labute approximate surface area is 119 Å². The van der Waals surface area contributed by atoms with Gasteiger partial charge in [0.1, 0.15) is 10.7 Å². The van der Waals surface area contributed by atoms with E-state index >= 15 is 0 Å². The first-order valence-electron chi connectivity index (χ1n) is 5.26. The highest BCUT2D eigenvalue weighted by Gasteiger charge is 2.25. The number of halogens is 2. The summed E-state index contributed by atoms with van der Waals surface area (Å²) in [6.45, 7) is 0.0391. The maximum Gasteiger partial charge on any atom is 0.312 e. The first-order chi connectivity index (χ1) is 9.27. The summed E-state index contributed by atoms with van der Waals surface area (Å²) >= 11 is 0. The lowest BCUT2D eigenvalue weighted by Crippen LogP contribution is -2.04. The predicted octanol–water partition coefficient (Wildman–Crippen LogP) is 2.45. The van der Waals surface area contributed by atoms with E-state index in [0.29, 0.717) is 25.0 Å². The first kappa shape index (κ1) is 16.2. The molecule has 0 bridgehead atoms. The lowest BCUT2D eigenvalue weighted by atomic mass is 10.3. The standard InChI is InChI=1S/C11H9ClFNO5S/c1-2-3-4-5-19-10-6-8(13)11(20(12,17)18)7-9(10)14(15)16/h1,6-7H,3-5H2. The number of hydrogen-bond acceptors (Lipinski definition) is 5. The van der Waals surface area contributed by atoms with Crippen molar-refractivity contribution < 1.29 is 22.5 Å². The average Bonchev–Trinajstić information content (AvgIpc) is 2.32. The SMILES string of the molecule is C#CCCCOc1cc(F)c(S(=O)(=O)Cl)cc1[N+](=O)[O-]. The lowest BCUT2D eigenvalue weighted by Gasteiger charge is -2.07. The molecular formula is C11H9ClFNO5S. The maximum atomic E-state index is 13.6. The number of ether oxygens (including phenoxy) is 1. The molecule has 0 N–H and O–H groups in total. The van der Waals surface area contributed by atoms with Crippen LogP contribution in [-0.4, -0.2) is 19.9 Å². The van der Waals surface area contributed by atoms with Crippen molar-refractivity contribution in [2.75, 3.05) is 6.61 Å². The summed E-state index contributed by atoms with van der Waals surface area (Å²) in [5.74, 6) is 0.742. The van der Waals surface area contributed by atoms with E-state index in [9.17, 15) is 22.9 Å². The van der Waals surface area contributed by atoms with Crippen molar-refractivity contribution in [1.82, 2.24) is 0 Å². The van der Waals surface area contributed by atoms with Gasteiger partial charge in [-0.25, -0.2) is 12.8 Å². The zero-order valence-electron chi connectivity index (χ0n) is 10.0. The zero-order valence-corrected chi connectivity index (χ0v) is 11.6. The normalized spacial score (nSPS) is 10.8. The minimum Gasteiger partial charge on any atom is -0.487 e. The number of rotatable bonds is 6. The fourth-order valence-corrected chi connectivity index (χ4v) is 2.22. The maximum absolute atomic E-state index is 13.6. The fraction of sp³-hybridized carbons (Fsp3) is 0.273. The van der Waals surface area contributed by atoms with Gasteiger partial charge in [-0.3, -0.25) is 10.1 Å². The molecule has 0 amide bonds. The lowest BCUT2D eigenvalue weighted by molar-refractivity contribution is -0.386. The van der Waals surface area contributed by atoms with Crippen LogP contribution in [0.2, 0.25) is 0 Å². The quantitative estimate of drug-likeness (QED) is 0.264. The van der Waals surface area contributed by atoms with Crippen molar-refractivity contribution in [3.05, 3.63) is 28.1 Å². The highest BCUT2D eigenvalue weighted by molar-refractivity contribution is 8.13. The summed E-state index contributed by atoms with van der Waals surface area (Å²) in [6, 6.07) is 1.14. The Bertz CT molecular complexity index is 668. The number of terminal acetylenes is 1. The van der Waals surface area contributed by atoms with E-state index in [1.54, 1.807) is 0 Å². The Balaban J connectivity index is 3.16. The molecule has 0 saturated carbocycles. The Morgan fingerprint density at radius 3 is 2.65 bits per heavy atom. The Kier molecular flexibility index (Phi) is 5.30. The van der Waals surface area contributed by atoms with Crippen molar-refractivity contribution in [1.29, 1.82) is 0 Å². The van der Waals surface area contributed by atoms with Crippen molar-refractivity contribution in [2.45, 2.75) is 17.7 Å². The van der Waals surface area contributed by atoms with Crippen LogP contribution in [0.5, 0.6) is 5.75 Å². The second kappa shape index (κ2) is 6.54. The topological polar surface area (TPSA) is 86.5 Å². The smallest absolute Gasteiger partial charge is 0.312 e. The third kappa shape index (κ3) is 4.08. The first-order valence-corrected chi connectivity index (χ1v) is 7.57. The summed E-state index contributed by atoms with van der Waals surface area (Å²) < 4.78 is 40.8. The second-order valence-corrected chi connectivity index (χ2v) is 6.14. The Hall–Kier alpha value is -1.85. The molecule has 0 saturated heterocycles. The average molecular weight is 322 g/mol. The highest BCUT2D eigenvalue weighted by Crippen LogP contribution is 2.33. The van der Waals surface area contributed by atoms with Gasteiger partial charge in [-0.1, -0.05) is 0 Å². The largest absolute Gasteiger partial charge is 0.487 e. The number of benzene rings is 1. The molecule has 20 heavy (non-hydrogen) atoms. The van der Waals surface area contributed by atoms with E-state index < -0.39 is 30.4 Å². The highest BCUT2D eigenvalue weighted by atomic mass is 35.7. The molecule has 108 valence electrons. The van der Waals surface area contributed by atoms with Crippen LogP contribution < -0.4 is 4.74 Å². The van der Waals surface area contributed by atoms with Gasteiger partial charge in [0.05, 0.1) is 11.5 Å². The van der Waals surface area contributed by atoms with E-state index in [1.807, 2.05) is 0 Å². The fourth-order valence-electron chi connectivity index (χ4n) is 1.33. The van der Waals surface area contributed by atoms with Crippen LogP contribution in [0.15, 0.2) is 17.0 Å². The van der Waals surface area contributed by atoms with Crippen LogP contribution in [-0.2, 0) is 9.05 Å². The molecular weight excluding hydrogens is 313 g/mol. The van der Waals surface area contributed by atoms with Gasteiger partial charge < -0.3 is 4.74 Å². The third-order valence-electron chi connectivity index (χ3n) is 2.20. The monoisotopic (exact) mass is 321 g/mol. The van der Waals surface area contributed by atoms with E-state index in [1.165, 1.54) is 0 Å². The molecule has 0 atom stereocenters. The molecule has 0 spiro atoms. The van der Waals surface area contributed by atoms with Gasteiger partial charge >= 0.3 is 5.69 Å². The Morgan fingerprint density at radius 2 is 2.15 bits per heavy atom. The van der Waals surface area contributed by atoms with Crippen LogP contribution in [0, 0.1) is 28.3 Å². The predicted molar refractivity (Wildman–Crippen MR) is 69.7 cm³/mol. The zero-order chi connectivity index (χ0) is 15.3. The van der Waals surface area contributed by atoms with Crippen molar-refractivity contribution in [2.24, 2.45) is 0 Å². The third-order valence-corrected chi connectivity index (χ3v) is 3.53.